The van der Waals surface area contributed by atoms with Crippen LogP contribution in [0.5, 0.6) is 0 Å². The molecule has 4 aromatic rings. The van der Waals surface area contributed by atoms with E-state index >= 15 is 0 Å². The molecule has 0 unspecified atom stereocenters. The van der Waals surface area contributed by atoms with Crippen LogP contribution in [0.2, 0.25) is 0 Å². The second kappa shape index (κ2) is 3.43. The van der Waals surface area contributed by atoms with Crippen LogP contribution in [0.25, 0.3) is 33.3 Å². The Morgan fingerprint density at radius 2 is 1.94 bits per heavy atom. The van der Waals surface area contributed by atoms with E-state index in [1.54, 1.807) is 0 Å². The van der Waals surface area contributed by atoms with Crippen molar-refractivity contribution >= 4 is 22.0 Å². The molecule has 18 heavy (non-hydrogen) atoms. The maximum Gasteiger partial charge on any atom is 0.249 e. The maximum atomic E-state index is 5.87. The van der Waals surface area contributed by atoms with Gasteiger partial charge in [0.15, 0.2) is 0 Å². The quantitative estimate of drug-likeness (QED) is 0.552. The molecule has 2 N–H and O–H groups in total. The number of hydrogen-bond donors (Lipinski definition) is 1. The van der Waals surface area contributed by atoms with E-state index in [1.165, 1.54) is 0 Å². The number of benzene rings is 2. The lowest BCUT2D eigenvalue weighted by molar-refractivity contribution is -0.426. The van der Waals surface area contributed by atoms with Crippen molar-refractivity contribution in [2.75, 3.05) is 0 Å². The third-order valence-corrected chi connectivity index (χ3v) is 3.09. The van der Waals surface area contributed by atoms with Crippen LogP contribution in [-0.2, 0) is 0 Å². The van der Waals surface area contributed by atoms with E-state index in [0.29, 0.717) is 0 Å². The standard InChI is InChI=1S/C14H9N3O/c1-2-4-9(5-3-1)13-8-10-12(18-13)7-6-11-14(10)16-17-15-11/h1-8H,(H,15,16,17)/p+1. The fraction of sp³-hybridized carbons (Fsp3) is 0. The Balaban J connectivity index is 2.04. The number of nitrogens with one attached hydrogen (secondary N) is 2. The van der Waals surface area contributed by atoms with Crippen molar-refractivity contribution in [2.45, 2.75) is 0 Å². The molecule has 4 rings (SSSR count). The van der Waals surface area contributed by atoms with Gasteiger partial charge in [0.25, 0.3) is 0 Å². The van der Waals surface area contributed by atoms with E-state index < -0.39 is 0 Å². The first-order chi connectivity index (χ1) is 8.92. The minimum Gasteiger partial charge on any atom is -0.456 e. The molecular formula is C14H10N3O+. The fourth-order valence-electron chi connectivity index (χ4n) is 2.21. The zero-order valence-corrected chi connectivity index (χ0v) is 9.47. The molecule has 0 aliphatic rings. The van der Waals surface area contributed by atoms with Crippen molar-refractivity contribution in [3.63, 3.8) is 0 Å². The van der Waals surface area contributed by atoms with Crippen LogP contribution in [0.4, 0.5) is 0 Å². The SMILES string of the molecule is c1ccc(-c2cc3c(ccc4n[nH][nH+]c43)o2)cc1. The highest BCUT2D eigenvalue weighted by Crippen LogP contribution is 2.30. The summed E-state index contributed by atoms with van der Waals surface area (Å²) in [6.45, 7) is 0. The first-order valence-electron chi connectivity index (χ1n) is 5.75. The van der Waals surface area contributed by atoms with Gasteiger partial charge >= 0.3 is 0 Å². The van der Waals surface area contributed by atoms with Gasteiger partial charge in [-0.05, 0) is 12.1 Å². The molecule has 0 aliphatic carbocycles. The van der Waals surface area contributed by atoms with Gasteiger partial charge in [-0.2, -0.15) is 5.10 Å². The Morgan fingerprint density at radius 3 is 2.83 bits per heavy atom. The average Bonchev–Trinajstić information content (AvgIpc) is 3.05. The number of aromatic nitrogens is 3. The smallest absolute Gasteiger partial charge is 0.249 e. The molecule has 0 saturated heterocycles. The van der Waals surface area contributed by atoms with Gasteiger partial charge in [0.05, 0.1) is 5.39 Å². The predicted octanol–water partition coefficient (Wildman–Crippen LogP) is 2.79. The van der Waals surface area contributed by atoms with E-state index in [9.17, 15) is 0 Å². The molecule has 0 saturated carbocycles. The van der Waals surface area contributed by atoms with Crippen LogP contribution in [-0.4, -0.2) is 10.3 Å². The molecule has 4 heteroatoms. The first kappa shape index (κ1) is 9.41. The molecule has 86 valence electrons. The van der Waals surface area contributed by atoms with Gasteiger partial charge < -0.3 is 4.42 Å². The number of nitrogens with zero attached hydrogens (tertiary/aromatic N) is 1. The molecule has 2 aromatic heterocycles. The second-order valence-corrected chi connectivity index (χ2v) is 4.20. The number of rotatable bonds is 1. The topological polar surface area (TPSA) is 56.0 Å². The van der Waals surface area contributed by atoms with E-state index in [4.69, 9.17) is 4.42 Å². The van der Waals surface area contributed by atoms with Gasteiger partial charge in [-0.3, -0.25) is 0 Å². The highest BCUT2D eigenvalue weighted by Gasteiger charge is 2.14. The highest BCUT2D eigenvalue weighted by atomic mass is 16.3. The maximum absolute atomic E-state index is 5.87. The van der Waals surface area contributed by atoms with Crippen molar-refractivity contribution < 1.29 is 9.52 Å². The largest absolute Gasteiger partial charge is 0.456 e. The Bertz CT molecular complexity index is 830. The first-order valence-corrected chi connectivity index (χ1v) is 5.75. The van der Waals surface area contributed by atoms with Crippen LogP contribution < -0.4 is 5.10 Å². The third-order valence-electron chi connectivity index (χ3n) is 3.09. The van der Waals surface area contributed by atoms with Crippen LogP contribution in [0.3, 0.4) is 0 Å². The van der Waals surface area contributed by atoms with E-state index in [0.717, 1.165) is 33.3 Å². The van der Waals surface area contributed by atoms with Crippen molar-refractivity contribution in [1.82, 2.24) is 10.3 Å². The molecule has 0 bridgehead atoms. The summed E-state index contributed by atoms with van der Waals surface area (Å²) in [4.78, 5) is 0. The molecule has 0 aliphatic heterocycles. The van der Waals surface area contributed by atoms with Crippen molar-refractivity contribution in [1.29, 1.82) is 0 Å². The van der Waals surface area contributed by atoms with Gasteiger partial charge in [-0.15, -0.1) is 0 Å². The molecule has 0 spiro atoms. The summed E-state index contributed by atoms with van der Waals surface area (Å²) < 4.78 is 5.87. The van der Waals surface area contributed by atoms with E-state index in [-0.39, 0.29) is 0 Å². The number of fused-ring (bicyclic) bond motifs is 3. The average molecular weight is 236 g/mol. The van der Waals surface area contributed by atoms with Gasteiger partial charge in [-0.1, -0.05) is 35.5 Å². The van der Waals surface area contributed by atoms with Crippen LogP contribution in [0.15, 0.2) is 52.9 Å². The molecule has 0 radical (unpaired) electrons. The fourth-order valence-corrected chi connectivity index (χ4v) is 2.21. The van der Waals surface area contributed by atoms with Crippen LogP contribution in [0, 0.1) is 0 Å². The minimum absolute atomic E-state index is 0.860. The number of aromatic amines is 2. The lowest BCUT2D eigenvalue weighted by Gasteiger charge is -1.93. The Hall–Kier alpha value is -2.62. The number of furan rings is 1. The van der Waals surface area contributed by atoms with Crippen LogP contribution >= 0.6 is 0 Å². The monoisotopic (exact) mass is 236 g/mol. The summed E-state index contributed by atoms with van der Waals surface area (Å²) in [6, 6.07) is 16.0. The Labute approximate surface area is 102 Å². The molecule has 0 amide bonds. The van der Waals surface area contributed by atoms with Crippen molar-refractivity contribution in [2.24, 2.45) is 0 Å². The molecule has 4 nitrogen and oxygen atoms in total. The lowest BCUT2D eigenvalue weighted by atomic mass is 10.1. The predicted molar refractivity (Wildman–Crippen MR) is 67.9 cm³/mol. The van der Waals surface area contributed by atoms with Gasteiger partial charge in [-0.25, -0.2) is 0 Å². The van der Waals surface area contributed by atoms with Crippen molar-refractivity contribution in [3.8, 4) is 11.3 Å². The molecule has 2 aromatic carbocycles. The van der Waals surface area contributed by atoms with Crippen molar-refractivity contribution in [3.05, 3.63) is 48.5 Å². The van der Waals surface area contributed by atoms with E-state index in [2.05, 4.69) is 15.4 Å². The summed E-state index contributed by atoms with van der Waals surface area (Å²) in [7, 11) is 0. The summed E-state index contributed by atoms with van der Waals surface area (Å²) in [5.74, 6) is 0.868. The second-order valence-electron chi connectivity index (χ2n) is 4.20. The van der Waals surface area contributed by atoms with Crippen LogP contribution in [0.1, 0.15) is 0 Å². The molecule has 0 atom stereocenters. The Morgan fingerprint density at radius 1 is 1.06 bits per heavy atom. The summed E-state index contributed by atoms with van der Waals surface area (Å²) in [5, 5.41) is 11.0. The lowest BCUT2D eigenvalue weighted by Crippen LogP contribution is -2.01. The molecule has 2 heterocycles. The normalized spacial score (nSPS) is 11.3. The Kier molecular flexibility index (Phi) is 1.80. The number of hydrogen-bond acceptors (Lipinski definition) is 2. The third kappa shape index (κ3) is 1.26. The van der Waals surface area contributed by atoms with Gasteiger partial charge in [0, 0.05) is 16.7 Å². The zero-order chi connectivity index (χ0) is 11.9. The minimum atomic E-state index is 0.860. The highest BCUT2D eigenvalue weighted by molar-refractivity contribution is 6.01. The van der Waals surface area contributed by atoms with Gasteiger partial charge in [0.2, 0.25) is 11.0 Å². The summed E-state index contributed by atoms with van der Waals surface area (Å²) >= 11 is 0. The molecule has 0 fully saturated rings. The van der Waals surface area contributed by atoms with E-state index in [1.807, 2.05) is 48.5 Å². The summed E-state index contributed by atoms with van der Waals surface area (Å²) in [5.41, 5.74) is 3.81. The summed E-state index contributed by atoms with van der Waals surface area (Å²) in [6.07, 6.45) is 0. The zero-order valence-electron chi connectivity index (χ0n) is 9.47. The molecular weight excluding hydrogens is 226 g/mol. The van der Waals surface area contributed by atoms with Gasteiger partial charge in [0.1, 0.15) is 11.3 Å². The number of H-pyrrole nitrogens is 2.